The van der Waals surface area contributed by atoms with Crippen molar-refractivity contribution < 1.29 is 9.90 Å². The SMILES string of the molecule is CC(C)C(C)C(O)c1ccc2c(c1)CCCC(=O)N2. The molecule has 0 bridgehead atoms. The van der Waals surface area contributed by atoms with E-state index in [1.54, 1.807) is 0 Å². The number of aliphatic hydroxyl groups is 1. The number of carbonyl (C=O) groups is 1. The Kier molecular flexibility index (Phi) is 4.25. The Balaban J connectivity index is 2.25. The number of anilines is 1. The van der Waals surface area contributed by atoms with Crippen molar-refractivity contribution in [1.82, 2.24) is 0 Å². The predicted octanol–water partition coefficient (Wildman–Crippen LogP) is 3.29. The fraction of sp³-hybridized carbons (Fsp3) is 0.562. The van der Waals surface area contributed by atoms with Gasteiger partial charge in [0.15, 0.2) is 0 Å². The highest BCUT2D eigenvalue weighted by atomic mass is 16.3. The van der Waals surface area contributed by atoms with Gasteiger partial charge in [-0.3, -0.25) is 4.79 Å². The van der Waals surface area contributed by atoms with Crippen LogP contribution < -0.4 is 5.32 Å². The van der Waals surface area contributed by atoms with Gasteiger partial charge in [0.05, 0.1) is 6.10 Å². The minimum atomic E-state index is -0.441. The summed E-state index contributed by atoms with van der Waals surface area (Å²) in [7, 11) is 0. The lowest BCUT2D eigenvalue weighted by molar-refractivity contribution is -0.116. The molecule has 0 fully saturated rings. The third kappa shape index (κ3) is 3.16. The second-order valence-electron chi connectivity index (χ2n) is 5.87. The van der Waals surface area contributed by atoms with E-state index in [4.69, 9.17) is 0 Å². The Morgan fingerprint density at radius 2 is 1.95 bits per heavy atom. The molecular weight excluding hydrogens is 238 g/mol. The standard InChI is InChI=1S/C16H23NO2/c1-10(2)11(3)16(19)13-7-8-14-12(9-13)5-4-6-15(18)17-14/h7-11,16,19H,4-6H2,1-3H3,(H,17,18). The van der Waals surface area contributed by atoms with Crippen molar-refractivity contribution in [3.63, 3.8) is 0 Å². The number of aliphatic hydroxyl groups excluding tert-OH is 1. The number of hydrogen-bond donors (Lipinski definition) is 2. The second-order valence-corrected chi connectivity index (χ2v) is 5.87. The molecule has 2 rings (SSSR count). The van der Waals surface area contributed by atoms with Gasteiger partial charge < -0.3 is 10.4 Å². The van der Waals surface area contributed by atoms with Crippen molar-refractivity contribution >= 4 is 11.6 Å². The van der Waals surface area contributed by atoms with Crippen molar-refractivity contribution in [2.24, 2.45) is 11.8 Å². The number of carbonyl (C=O) groups excluding carboxylic acids is 1. The van der Waals surface area contributed by atoms with Crippen molar-refractivity contribution in [3.05, 3.63) is 29.3 Å². The molecule has 2 N–H and O–H groups in total. The first-order chi connectivity index (χ1) is 8.99. The summed E-state index contributed by atoms with van der Waals surface area (Å²) in [4.78, 5) is 11.5. The highest BCUT2D eigenvalue weighted by Crippen LogP contribution is 2.31. The van der Waals surface area contributed by atoms with Crippen LogP contribution in [0.3, 0.4) is 0 Å². The molecule has 3 nitrogen and oxygen atoms in total. The number of benzene rings is 1. The summed E-state index contributed by atoms with van der Waals surface area (Å²) >= 11 is 0. The minimum absolute atomic E-state index is 0.0857. The number of nitrogens with one attached hydrogen (secondary N) is 1. The van der Waals surface area contributed by atoms with Crippen molar-refractivity contribution in [2.45, 2.75) is 46.1 Å². The number of fused-ring (bicyclic) bond motifs is 1. The molecule has 1 aliphatic rings. The molecule has 0 saturated heterocycles. The molecule has 1 aliphatic heterocycles. The van der Waals surface area contributed by atoms with Crippen molar-refractivity contribution in [3.8, 4) is 0 Å². The van der Waals surface area contributed by atoms with Crippen LogP contribution in [0.4, 0.5) is 5.69 Å². The van der Waals surface area contributed by atoms with Crippen LogP contribution in [0.2, 0.25) is 0 Å². The highest BCUT2D eigenvalue weighted by Gasteiger charge is 2.21. The molecule has 2 atom stereocenters. The summed E-state index contributed by atoms with van der Waals surface area (Å²) < 4.78 is 0. The fourth-order valence-corrected chi connectivity index (χ4v) is 2.45. The molecule has 3 heteroatoms. The smallest absolute Gasteiger partial charge is 0.224 e. The fourth-order valence-electron chi connectivity index (χ4n) is 2.45. The molecule has 0 aromatic heterocycles. The quantitative estimate of drug-likeness (QED) is 0.877. The molecule has 0 spiro atoms. The molecule has 1 aromatic carbocycles. The van der Waals surface area contributed by atoms with E-state index in [1.165, 1.54) is 0 Å². The molecule has 1 aromatic rings. The molecule has 104 valence electrons. The predicted molar refractivity (Wildman–Crippen MR) is 77.0 cm³/mol. The van der Waals surface area contributed by atoms with Gasteiger partial charge in [-0.15, -0.1) is 0 Å². The Morgan fingerprint density at radius 1 is 1.21 bits per heavy atom. The maximum absolute atomic E-state index is 11.5. The average molecular weight is 261 g/mol. The summed E-state index contributed by atoms with van der Waals surface area (Å²) in [6, 6.07) is 5.89. The summed E-state index contributed by atoms with van der Waals surface area (Å²) in [6.45, 7) is 6.32. The Labute approximate surface area is 115 Å². The van der Waals surface area contributed by atoms with Gasteiger partial charge in [-0.25, -0.2) is 0 Å². The summed E-state index contributed by atoms with van der Waals surface area (Å²) in [6.07, 6.45) is 1.90. The number of hydrogen-bond acceptors (Lipinski definition) is 2. The van der Waals surface area contributed by atoms with Crippen LogP contribution in [-0.2, 0) is 11.2 Å². The van der Waals surface area contributed by atoms with Crippen LogP contribution in [0.5, 0.6) is 0 Å². The first kappa shape index (κ1) is 14.1. The topological polar surface area (TPSA) is 49.3 Å². The van der Waals surface area contributed by atoms with Crippen LogP contribution in [-0.4, -0.2) is 11.0 Å². The zero-order chi connectivity index (χ0) is 14.0. The maximum Gasteiger partial charge on any atom is 0.224 e. The van der Waals surface area contributed by atoms with Gasteiger partial charge in [0.2, 0.25) is 5.91 Å². The zero-order valence-electron chi connectivity index (χ0n) is 11.9. The van der Waals surface area contributed by atoms with E-state index in [1.807, 2.05) is 18.2 Å². The molecule has 0 aliphatic carbocycles. The van der Waals surface area contributed by atoms with Crippen molar-refractivity contribution in [1.29, 1.82) is 0 Å². The monoisotopic (exact) mass is 261 g/mol. The summed E-state index contributed by atoms with van der Waals surface area (Å²) in [5.74, 6) is 0.745. The molecule has 19 heavy (non-hydrogen) atoms. The average Bonchev–Trinajstić information content (AvgIpc) is 2.56. The highest BCUT2D eigenvalue weighted by molar-refractivity contribution is 5.92. The van der Waals surface area contributed by atoms with E-state index in [0.29, 0.717) is 12.3 Å². The van der Waals surface area contributed by atoms with E-state index in [9.17, 15) is 9.90 Å². The Bertz CT molecular complexity index is 468. The summed E-state index contributed by atoms with van der Waals surface area (Å²) in [5, 5.41) is 13.3. The van der Waals surface area contributed by atoms with E-state index in [-0.39, 0.29) is 11.8 Å². The lowest BCUT2D eigenvalue weighted by Gasteiger charge is -2.23. The van der Waals surface area contributed by atoms with Crippen molar-refractivity contribution in [2.75, 3.05) is 5.32 Å². The van der Waals surface area contributed by atoms with Crippen LogP contribution >= 0.6 is 0 Å². The maximum atomic E-state index is 11.5. The first-order valence-electron chi connectivity index (χ1n) is 7.09. The van der Waals surface area contributed by atoms with Gasteiger partial charge >= 0.3 is 0 Å². The molecule has 2 unspecified atom stereocenters. The lowest BCUT2D eigenvalue weighted by Crippen LogP contribution is -2.15. The Hall–Kier alpha value is -1.35. The molecule has 1 heterocycles. The van der Waals surface area contributed by atoms with Crippen LogP contribution in [0.1, 0.15) is 50.8 Å². The van der Waals surface area contributed by atoms with Gasteiger partial charge in [-0.05, 0) is 41.9 Å². The first-order valence-corrected chi connectivity index (χ1v) is 7.09. The van der Waals surface area contributed by atoms with Gasteiger partial charge in [0, 0.05) is 12.1 Å². The van der Waals surface area contributed by atoms with Crippen LogP contribution in [0, 0.1) is 11.8 Å². The van der Waals surface area contributed by atoms with E-state index >= 15 is 0 Å². The van der Waals surface area contributed by atoms with Gasteiger partial charge in [0.1, 0.15) is 0 Å². The normalized spacial score (nSPS) is 18.5. The van der Waals surface area contributed by atoms with Gasteiger partial charge in [0.25, 0.3) is 0 Å². The summed E-state index contributed by atoms with van der Waals surface area (Å²) in [5.41, 5.74) is 2.99. The zero-order valence-corrected chi connectivity index (χ0v) is 11.9. The second kappa shape index (κ2) is 5.74. The van der Waals surface area contributed by atoms with Crippen LogP contribution in [0.25, 0.3) is 0 Å². The third-order valence-corrected chi connectivity index (χ3v) is 4.14. The number of aryl methyl sites for hydroxylation is 1. The molecule has 1 amide bonds. The van der Waals surface area contributed by atoms with Gasteiger partial charge in [-0.2, -0.15) is 0 Å². The molecule has 0 radical (unpaired) electrons. The van der Waals surface area contributed by atoms with E-state index in [0.717, 1.165) is 29.7 Å². The van der Waals surface area contributed by atoms with E-state index < -0.39 is 6.10 Å². The van der Waals surface area contributed by atoms with Gasteiger partial charge in [-0.1, -0.05) is 32.9 Å². The van der Waals surface area contributed by atoms with E-state index in [2.05, 4.69) is 26.1 Å². The number of amides is 1. The largest absolute Gasteiger partial charge is 0.388 e. The lowest BCUT2D eigenvalue weighted by atomic mass is 9.87. The molecule has 0 saturated carbocycles. The molecular formula is C16H23NO2. The minimum Gasteiger partial charge on any atom is -0.388 e. The third-order valence-electron chi connectivity index (χ3n) is 4.14. The van der Waals surface area contributed by atoms with Crippen LogP contribution in [0.15, 0.2) is 18.2 Å². The Morgan fingerprint density at radius 3 is 2.63 bits per heavy atom. The number of rotatable bonds is 3.